The topological polar surface area (TPSA) is 59.3 Å². The Morgan fingerprint density at radius 3 is 2.60 bits per heavy atom. The van der Waals surface area contributed by atoms with Crippen molar-refractivity contribution in [3.63, 3.8) is 0 Å². The molecule has 0 atom stereocenters. The van der Waals surface area contributed by atoms with Gasteiger partial charge in [0.05, 0.1) is 19.8 Å². The van der Waals surface area contributed by atoms with Crippen molar-refractivity contribution in [1.82, 2.24) is 0 Å². The zero-order valence-electron chi connectivity index (χ0n) is 8.20. The minimum absolute atomic E-state index is 0.0119. The van der Waals surface area contributed by atoms with Gasteiger partial charge in [-0.05, 0) is 6.07 Å². The highest BCUT2D eigenvalue weighted by Gasteiger charge is 2.17. The van der Waals surface area contributed by atoms with E-state index < -0.39 is 11.8 Å². The molecule has 0 aliphatic rings. The van der Waals surface area contributed by atoms with Gasteiger partial charge in [0.1, 0.15) is 23.2 Å². The third-order valence-electron chi connectivity index (χ3n) is 1.80. The predicted molar refractivity (Wildman–Crippen MR) is 49.0 cm³/mol. The first-order chi connectivity index (χ1) is 7.13. The summed E-state index contributed by atoms with van der Waals surface area (Å²) in [5.74, 6) is -1.42. The number of carbonyl (C=O) groups excluding carboxylic acids is 1. The van der Waals surface area contributed by atoms with Gasteiger partial charge in [-0.15, -0.1) is 0 Å². The Bertz CT molecular complexity index is 437. The number of esters is 1. The number of nitriles is 1. The fraction of sp³-hybridized carbons (Fsp3) is 0.200. The van der Waals surface area contributed by atoms with Crippen molar-refractivity contribution in [3.8, 4) is 11.8 Å². The monoisotopic (exact) mass is 209 g/mol. The highest BCUT2D eigenvalue weighted by atomic mass is 19.1. The normalized spacial score (nSPS) is 9.20. The Morgan fingerprint density at radius 1 is 1.47 bits per heavy atom. The number of hydrogen-bond acceptors (Lipinski definition) is 4. The highest BCUT2D eigenvalue weighted by molar-refractivity contribution is 5.93. The van der Waals surface area contributed by atoms with Crippen LogP contribution in [0.25, 0.3) is 0 Å². The molecule has 0 bridgehead atoms. The van der Waals surface area contributed by atoms with Gasteiger partial charge in [0.2, 0.25) is 0 Å². The molecule has 0 fully saturated rings. The average Bonchev–Trinajstić information content (AvgIpc) is 2.26. The largest absolute Gasteiger partial charge is 0.495 e. The van der Waals surface area contributed by atoms with Crippen LogP contribution in [0.4, 0.5) is 4.39 Å². The van der Waals surface area contributed by atoms with Gasteiger partial charge in [0.25, 0.3) is 0 Å². The Kier molecular flexibility index (Phi) is 3.24. The molecule has 78 valence electrons. The van der Waals surface area contributed by atoms with Gasteiger partial charge < -0.3 is 9.47 Å². The Hall–Kier alpha value is -2.09. The minimum atomic E-state index is -0.774. The second kappa shape index (κ2) is 4.42. The van der Waals surface area contributed by atoms with Crippen molar-refractivity contribution in [3.05, 3.63) is 29.1 Å². The molecule has 1 aromatic rings. The number of benzene rings is 1. The van der Waals surface area contributed by atoms with E-state index in [1.54, 1.807) is 6.07 Å². The van der Waals surface area contributed by atoms with Crippen molar-refractivity contribution >= 4 is 5.97 Å². The number of halogens is 1. The van der Waals surface area contributed by atoms with Crippen LogP contribution >= 0.6 is 0 Å². The fourth-order valence-corrected chi connectivity index (χ4v) is 1.13. The third-order valence-corrected chi connectivity index (χ3v) is 1.80. The molecule has 0 radical (unpaired) electrons. The van der Waals surface area contributed by atoms with Crippen LogP contribution < -0.4 is 4.74 Å². The quantitative estimate of drug-likeness (QED) is 0.692. The number of rotatable bonds is 2. The lowest BCUT2D eigenvalue weighted by atomic mass is 10.1. The number of hydrogen-bond donors (Lipinski definition) is 0. The lowest BCUT2D eigenvalue weighted by Gasteiger charge is -2.06. The van der Waals surface area contributed by atoms with Crippen LogP contribution in [0, 0.1) is 17.1 Å². The summed E-state index contributed by atoms with van der Waals surface area (Å²) in [5.41, 5.74) is -0.178. The summed E-state index contributed by atoms with van der Waals surface area (Å²) in [7, 11) is 2.44. The smallest absolute Gasteiger partial charge is 0.339 e. The SMILES string of the molecule is COC(=O)c1cc(F)cc(OC)c1C#N. The molecule has 0 spiro atoms. The first kappa shape index (κ1) is 11.0. The maximum atomic E-state index is 13.0. The number of methoxy groups -OCH3 is 2. The Labute approximate surface area is 85.8 Å². The van der Waals surface area contributed by atoms with E-state index in [2.05, 4.69) is 4.74 Å². The molecule has 15 heavy (non-hydrogen) atoms. The number of nitrogens with zero attached hydrogens (tertiary/aromatic N) is 1. The van der Waals surface area contributed by atoms with Crippen LogP contribution in [-0.2, 0) is 4.74 Å². The number of ether oxygens (including phenoxy) is 2. The molecule has 0 aliphatic heterocycles. The molecule has 4 nitrogen and oxygen atoms in total. The summed E-state index contributed by atoms with van der Waals surface area (Å²) in [6, 6.07) is 3.74. The predicted octanol–water partition coefficient (Wildman–Crippen LogP) is 1.49. The van der Waals surface area contributed by atoms with Crippen LogP contribution in [0.15, 0.2) is 12.1 Å². The van der Waals surface area contributed by atoms with E-state index >= 15 is 0 Å². The van der Waals surface area contributed by atoms with Crippen LogP contribution in [0.2, 0.25) is 0 Å². The molecule has 5 heteroatoms. The van der Waals surface area contributed by atoms with E-state index in [9.17, 15) is 9.18 Å². The lowest BCUT2D eigenvalue weighted by Crippen LogP contribution is -2.06. The molecule has 1 aromatic carbocycles. The fourth-order valence-electron chi connectivity index (χ4n) is 1.13. The summed E-state index contributed by atoms with van der Waals surface area (Å²) in [6.07, 6.45) is 0. The van der Waals surface area contributed by atoms with Gasteiger partial charge in [-0.2, -0.15) is 5.26 Å². The molecule has 1 rings (SSSR count). The molecule has 0 aromatic heterocycles. The molecule has 0 saturated heterocycles. The Balaban J connectivity index is 3.43. The highest BCUT2D eigenvalue weighted by Crippen LogP contribution is 2.23. The molecule has 0 amide bonds. The first-order valence-corrected chi connectivity index (χ1v) is 4.00. The molecule has 0 N–H and O–H groups in total. The average molecular weight is 209 g/mol. The maximum Gasteiger partial charge on any atom is 0.339 e. The summed E-state index contributed by atoms with van der Waals surface area (Å²) in [6.45, 7) is 0. The van der Waals surface area contributed by atoms with Gasteiger partial charge in [-0.1, -0.05) is 0 Å². The standard InChI is InChI=1S/C10H8FNO3/c1-14-9-4-6(11)3-7(8(9)5-12)10(13)15-2/h3-4H,1-2H3. The van der Waals surface area contributed by atoms with Crippen molar-refractivity contribution in [1.29, 1.82) is 5.26 Å². The van der Waals surface area contributed by atoms with Gasteiger partial charge in [0.15, 0.2) is 0 Å². The van der Waals surface area contributed by atoms with E-state index in [-0.39, 0.29) is 16.9 Å². The van der Waals surface area contributed by atoms with Gasteiger partial charge in [-0.3, -0.25) is 0 Å². The molecule has 0 saturated carbocycles. The van der Waals surface area contributed by atoms with E-state index in [1.807, 2.05) is 0 Å². The summed E-state index contributed by atoms with van der Waals surface area (Å²) in [4.78, 5) is 11.2. The summed E-state index contributed by atoms with van der Waals surface area (Å²) in [5, 5.41) is 8.81. The number of carbonyl (C=O) groups is 1. The summed E-state index contributed by atoms with van der Waals surface area (Å²) >= 11 is 0. The van der Waals surface area contributed by atoms with Crippen molar-refractivity contribution in [2.75, 3.05) is 14.2 Å². The second-order valence-electron chi connectivity index (χ2n) is 2.63. The van der Waals surface area contributed by atoms with Crippen LogP contribution in [0.3, 0.4) is 0 Å². The van der Waals surface area contributed by atoms with E-state index in [1.165, 1.54) is 7.11 Å². The molecular formula is C10H8FNO3. The molecule has 0 aliphatic carbocycles. The molecular weight excluding hydrogens is 201 g/mol. The zero-order valence-corrected chi connectivity index (χ0v) is 8.20. The summed E-state index contributed by atoms with van der Waals surface area (Å²) < 4.78 is 22.2. The third kappa shape index (κ3) is 2.05. The van der Waals surface area contributed by atoms with Crippen LogP contribution in [0.5, 0.6) is 5.75 Å². The van der Waals surface area contributed by atoms with Gasteiger partial charge in [-0.25, -0.2) is 9.18 Å². The lowest BCUT2D eigenvalue weighted by molar-refractivity contribution is 0.0599. The van der Waals surface area contributed by atoms with Gasteiger partial charge in [0, 0.05) is 6.07 Å². The van der Waals surface area contributed by atoms with Crippen LogP contribution in [0.1, 0.15) is 15.9 Å². The van der Waals surface area contributed by atoms with E-state index in [4.69, 9.17) is 10.00 Å². The van der Waals surface area contributed by atoms with Crippen molar-refractivity contribution < 1.29 is 18.7 Å². The minimum Gasteiger partial charge on any atom is -0.495 e. The van der Waals surface area contributed by atoms with E-state index in [0.717, 1.165) is 19.2 Å². The van der Waals surface area contributed by atoms with E-state index in [0.29, 0.717) is 0 Å². The van der Waals surface area contributed by atoms with Crippen molar-refractivity contribution in [2.24, 2.45) is 0 Å². The van der Waals surface area contributed by atoms with Crippen LogP contribution in [-0.4, -0.2) is 20.2 Å². The molecule has 0 unspecified atom stereocenters. The second-order valence-corrected chi connectivity index (χ2v) is 2.63. The van der Waals surface area contributed by atoms with Crippen molar-refractivity contribution in [2.45, 2.75) is 0 Å². The zero-order chi connectivity index (χ0) is 11.4. The molecule has 0 heterocycles. The maximum absolute atomic E-state index is 13.0. The Morgan fingerprint density at radius 2 is 2.13 bits per heavy atom. The first-order valence-electron chi connectivity index (χ1n) is 4.00. The van der Waals surface area contributed by atoms with Gasteiger partial charge >= 0.3 is 5.97 Å².